The van der Waals surface area contributed by atoms with E-state index in [1.54, 1.807) is 42.3 Å². The molecular formula is C18H28N2O4S. The molecular weight excluding hydrogens is 340 g/mol. The minimum Gasteiger partial charge on any atom is -0.383 e. The van der Waals surface area contributed by atoms with Crippen LogP contribution in [-0.4, -0.2) is 75.3 Å². The zero-order chi connectivity index (χ0) is 18.4. The first-order valence-electron chi connectivity index (χ1n) is 8.65. The predicted molar refractivity (Wildman–Crippen MR) is 97.2 cm³/mol. The number of sulfone groups is 1. The number of methoxy groups -OCH3 is 1. The number of hydrogen-bond donors (Lipinski definition) is 0. The third-order valence-electron chi connectivity index (χ3n) is 4.69. The summed E-state index contributed by atoms with van der Waals surface area (Å²) in [6, 6.07) is 8.75. The largest absolute Gasteiger partial charge is 0.383 e. The van der Waals surface area contributed by atoms with Gasteiger partial charge in [0.1, 0.15) is 0 Å². The minimum absolute atomic E-state index is 0.0226. The van der Waals surface area contributed by atoms with E-state index in [9.17, 15) is 13.2 Å². The van der Waals surface area contributed by atoms with Gasteiger partial charge in [0, 0.05) is 45.2 Å². The Bertz CT molecular complexity index is 651. The summed E-state index contributed by atoms with van der Waals surface area (Å²) in [6.07, 6.45) is 0.0226. The van der Waals surface area contributed by atoms with Gasteiger partial charge in [-0.1, -0.05) is 18.2 Å². The van der Waals surface area contributed by atoms with Crippen LogP contribution in [0.1, 0.15) is 20.3 Å². The van der Waals surface area contributed by atoms with Crippen molar-refractivity contribution in [3.63, 3.8) is 0 Å². The molecule has 0 spiro atoms. The molecule has 0 radical (unpaired) electrons. The molecule has 2 unspecified atom stereocenters. The molecule has 6 nitrogen and oxygen atoms in total. The van der Waals surface area contributed by atoms with Crippen molar-refractivity contribution in [1.29, 1.82) is 0 Å². The average molecular weight is 368 g/mol. The van der Waals surface area contributed by atoms with Crippen LogP contribution in [0.5, 0.6) is 0 Å². The normalized spacial score (nSPS) is 22.1. The highest BCUT2D eigenvalue weighted by molar-refractivity contribution is 7.91. The maximum Gasteiger partial charge on any atom is 0.223 e. The SMILES string of the molecule is COCCN1C(C)CN(C(=O)CCS(=O)(=O)c2ccccc2)CC1C. The van der Waals surface area contributed by atoms with Gasteiger partial charge in [-0.3, -0.25) is 9.69 Å². The second-order valence-electron chi connectivity index (χ2n) is 6.61. The summed E-state index contributed by atoms with van der Waals surface area (Å²) in [7, 11) is -1.74. The number of benzene rings is 1. The van der Waals surface area contributed by atoms with Crippen molar-refractivity contribution in [3.8, 4) is 0 Å². The van der Waals surface area contributed by atoms with E-state index in [0.29, 0.717) is 19.7 Å². The molecule has 0 aromatic heterocycles. The topological polar surface area (TPSA) is 66.9 Å². The summed E-state index contributed by atoms with van der Waals surface area (Å²) in [6.45, 7) is 6.93. The van der Waals surface area contributed by atoms with Crippen molar-refractivity contribution < 1.29 is 17.9 Å². The molecule has 1 fully saturated rings. The van der Waals surface area contributed by atoms with Crippen molar-refractivity contribution in [1.82, 2.24) is 9.80 Å². The molecule has 0 bridgehead atoms. The predicted octanol–water partition coefficient (Wildman–Crippen LogP) is 1.42. The van der Waals surface area contributed by atoms with Gasteiger partial charge in [-0.25, -0.2) is 8.42 Å². The zero-order valence-electron chi connectivity index (χ0n) is 15.2. The van der Waals surface area contributed by atoms with Gasteiger partial charge in [0.2, 0.25) is 5.91 Å². The van der Waals surface area contributed by atoms with Gasteiger partial charge in [0.25, 0.3) is 0 Å². The van der Waals surface area contributed by atoms with E-state index in [1.807, 2.05) is 0 Å². The lowest BCUT2D eigenvalue weighted by molar-refractivity contribution is -0.135. The second-order valence-corrected chi connectivity index (χ2v) is 8.72. The number of rotatable bonds is 7. The summed E-state index contributed by atoms with van der Waals surface area (Å²) in [5.74, 6) is -0.243. The Morgan fingerprint density at radius 2 is 1.76 bits per heavy atom. The maximum atomic E-state index is 12.5. The highest BCUT2D eigenvalue weighted by atomic mass is 32.2. The van der Waals surface area contributed by atoms with E-state index >= 15 is 0 Å². The molecule has 25 heavy (non-hydrogen) atoms. The van der Waals surface area contributed by atoms with Crippen molar-refractivity contribution in [3.05, 3.63) is 30.3 Å². The zero-order valence-corrected chi connectivity index (χ0v) is 16.0. The fraction of sp³-hybridized carbons (Fsp3) is 0.611. The van der Waals surface area contributed by atoms with Crippen molar-refractivity contribution >= 4 is 15.7 Å². The van der Waals surface area contributed by atoms with Crippen molar-refractivity contribution in [2.75, 3.05) is 39.1 Å². The quantitative estimate of drug-likeness (QED) is 0.728. The van der Waals surface area contributed by atoms with E-state index in [2.05, 4.69) is 18.7 Å². The van der Waals surface area contributed by atoms with Crippen LogP contribution in [0.2, 0.25) is 0 Å². The Kier molecular flexibility index (Phi) is 6.98. The lowest BCUT2D eigenvalue weighted by atomic mass is 10.1. The molecule has 1 aromatic rings. The summed E-state index contributed by atoms with van der Waals surface area (Å²) >= 11 is 0. The fourth-order valence-electron chi connectivity index (χ4n) is 3.32. The van der Waals surface area contributed by atoms with E-state index in [-0.39, 0.29) is 35.1 Å². The molecule has 7 heteroatoms. The van der Waals surface area contributed by atoms with E-state index in [4.69, 9.17) is 4.74 Å². The Hall–Kier alpha value is -1.44. The van der Waals surface area contributed by atoms with Crippen LogP contribution in [0.4, 0.5) is 0 Å². The molecule has 140 valence electrons. The van der Waals surface area contributed by atoms with Crippen molar-refractivity contribution in [2.24, 2.45) is 0 Å². The average Bonchev–Trinajstić information content (AvgIpc) is 2.59. The lowest BCUT2D eigenvalue weighted by Crippen LogP contribution is -2.58. The fourth-order valence-corrected chi connectivity index (χ4v) is 4.57. The van der Waals surface area contributed by atoms with Crippen LogP contribution >= 0.6 is 0 Å². The van der Waals surface area contributed by atoms with Gasteiger partial charge >= 0.3 is 0 Å². The molecule has 1 amide bonds. The first kappa shape index (κ1) is 19.9. The highest BCUT2D eigenvalue weighted by Gasteiger charge is 2.31. The summed E-state index contributed by atoms with van der Waals surface area (Å²) in [4.78, 5) is 16.9. The van der Waals surface area contributed by atoms with Crippen molar-refractivity contribution in [2.45, 2.75) is 37.2 Å². The number of nitrogens with zero attached hydrogens (tertiary/aromatic N) is 2. The van der Waals surface area contributed by atoms with Gasteiger partial charge in [0.15, 0.2) is 9.84 Å². The van der Waals surface area contributed by atoms with Gasteiger partial charge < -0.3 is 9.64 Å². The molecule has 1 aliphatic rings. The number of amides is 1. The Morgan fingerprint density at radius 1 is 1.16 bits per heavy atom. The van der Waals surface area contributed by atoms with Gasteiger partial charge in [0.05, 0.1) is 17.3 Å². The first-order valence-corrected chi connectivity index (χ1v) is 10.3. The highest BCUT2D eigenvalue weighted by Crippen LogP contribution is 2.17. The van der Waals surface area contributed by atoms with Crippen LogP contribution in [0.25, 0.3) is 0 Å². The number of carbonyl (C=O) groups excluding carboxylic acids is 1. The Labute approximate surface area is 150 Å². The van der Waals surface area contributed by atoms with Crippen LogP contribution in [0, 0.1) is 0 Å². The number of ether oxygens (including phenoxy) is 1. The molecule has 1 aliphatic heterocycles. The Balaban J connectivity index is 1.91. The minimum atomic E-state index is -3.42. The smallest absolute Gasteiger partial charge is 0.223 e. The van der Waals surface area contributed by atoms with Crippen LogP contribution in [-0.2, 0) is 19.4 Å². The van der Waals surface area contributed by atoms with Crippen LogP contribution in [0.3, 0.4) is 0 Å². The second kappa shape index (κ2) is 8.78. The summed E-state index contributed by atoms with van der Waals surface area (Å²) < 4.78 is 29.8. The van der Waals surface area contributed by atoms with Crippen LogP contribution in [0.15, 0.2) is 35.2 Å². The van der Waals surface area contributed by atoms with Crippen LogP contribution < -0.4 is 0 Å². The third kappa shape index (κ3) is 5.26. The third-order valence-corrected chi connectivity index (χ3v) is 6.43. The van der Waals surface area contributed by atoms with E-state index < -0.39 is 9.84 Å². The first-order chi connectivity index (χ1) is 11.8. The molecule has 1 saturated heterocycles. The number of carbonyl (C=O) groups is 1. The molecule has 2 atom stereocenters. The number of hydrogen-bond acceptors (Lipinski definition) is 5. The molecule has 1 heterocycles. The van der Waals surface area contributed by atoms with Gasteiger partial charge in [-0.15, -0.1) is 0 Å². The molecule has 2 rings (SSSR count). The standard InChI is InChI=1S/C18H28N2O4S/c1-15-13-19(14-16(2)20(15)10-11-24-3)18(21)9-12-25(22,23)17-7-5-4-6-8-17/h4-8,15-16H,9-14H2,1-3H3. The molecule has 1 aromatic carbocycles. The van der Waals surface area contributed by atoms with Gasteiger partial charge in [-0.05, 0) is 26.0 Å². The van der Waals surface area contributed by atoms with E-state index in [0.717, 1.165) is 6.54 Å². The lowest BCUT2D eigenvalue weighted by Gasteiger charge is -2.44. The van der Waals surface area contributed by atoms with Gasteiger partial charge in [-0.2, -0.15) is 0 Å². The summed E-state index contributed by atoms with van der Waals surface area (Å²) in [5, 5.41) is 0. The molecule has 0 saturated carbocycles. The number of piperazine rings is 1. The maximum absolute atomic E-state index is 12.5. The molecule has 0 N–H and O–H groups in total. The summed E-state index contributed by atoms with van der Waals surface area (Å²) in [5.41, 5.74) is 0. The monoisotopic (exact) mass is 368 g/mol. The van der Waals surface area contributed by atoms with E-state index in [1.165, 1.54) is 0 Å². The molecule has 0 aliphatic carbocycles. The Morgan fingerprint density at radius 3 is 2.32 bits per heavy atom.